The fourth-order valence-corrected chi connectivity index (χ4v) is 2.58. The summed E-state index contributed by atoms with van der Waals surface area (Å²) in [5, 5.41) is 9.02. The molecule has 2 aliphatic heterocycles. The van der Waals surface area contributed by atoms with Crippen molar-refractivity contribution in [2.45, 2.75) is 6.10 Å². The molecule has 1 aromatic rings. The van der Waals surface area contributed by atoms with E-state index in [4.69, 9.17) is 9.84 Å². The maximum atomic E-state index is 14.3. The Morgan fingerprint density at radius 3 is 2.64 bits per heavy atom. The topological polar surface area (TPSA) is 73.3 Å². The quantitative estimate of drug-likeness (QED) is 0.904. The lowest BCUT2D eigenvalue weighted by Gasteiger charge is -2.19. The van der Waals surface area contributed by atoms with E-state index in [0.29, 0.717) is 18.8 Å². The number of carbonyl (C=O) groups excluding carboxylic acids is 2. The van der Waals surface area contributed by atoms with Gasteiger partial charge in [-0.1, -0.05) is 0 Å². The van der Waals surface area contributed by atoms with E-state index in [1.807, 2.05) is 0 Å². The summed E-state index contributed by atoms with van der Waals surface area (Å²) in [5.74, 6) is -0.582. The summed E-state index contributed by atoms with van der Waals surface area (Å²) in [7, 11) is 1.66. The van der Waals surface area contributed by atoms with Crippen LogP contribution in [0, 0.1) is 5.82 Å². The lowest BCUT2D eigenvalue weighted by atomic mass is 10.2. The Balaban J connectivity index is 1.84. The number of ether oxygens (including phenoxy) is 1. The zero-order valence-electron chi connectivity index (χ0n) is 12.0. The highest BCUT2D eigenvalue weighted by atomic mass is 19.1. The number of carbonyl (C=O) groups is 2. The number of halogens is 1. The van der Waals surface area contributed by atoms with Gasteiger partial charge in [0.15, 0.2) is 0 Å². The smallest absolute Gasteiger partial charge is 0.414 e. The van der Waals surface area contributed by atoms with Gasteiger partial charge in [-0.15, -0.1) is 0 Å². The zero-order chi connectivity index (χ0) is 15.9. The summed E-state index contributed by atoms with van der Waals surface area (Å²) in [6, 6.07) is 3.97. The van der Waals surface area contributed by atoms with E-state index in [-0.39, 0.29) is 24.9 Å². The van der Waals surface area contributed by atoms with Crippen LogP contribution >= 0.6 is 0 Å². The van der Waals surface area contributed by atoms with E-state index >= 15 is 0 Å². The van der Waals surface area contributed by atoms with E-state index < -0.39 is 18.0 Å². The summed E-state index contributed by atoms with van der Waals surface area (Å²) in [4.78, 5) is 27.7. The fraction of sp³-hybridized carbons (Fsp3) is 0.429. The number of hydrogen-bond acceptors (Lipinski definition) is 4. The third-order valence-corrected chi connectivity index (χ3v) is 3.83. The Morgan fingerprint density at radius 2 is 2.09 bits per heavy atom. The number of aliphatic hydroxyl groups is 1. The summed E-state index contributed by atoms with van der Waals surface area (Å²) in [6.45, 7) is 0.845. The zero-order valence-corrected chi connectivity index (χ0v) is 12.0. The molecule has 2 aliphatic rings. The minimum atomic E-state index is -0.622. The molecule has 0 bridgehead atoms. The molecule has 118 valence electrons. The third-order valence-electron chi connectivity index (χ3n) is 3.83. The van der Waals surface area contributed by atoms with Gasteiger partial charge in [-0.25, -0.2) is 14.0 Å². The molecule has 1 aromatic carbocycles. The summed E-state index contributed by atoms with van der Waals surface area (Å²) < 4.78 is 19.2. The minimum absolute atomic E-state index is 0.166. The van der Waals surface area contributed by atoms with Gasteiger partial charge >= 0.3 is 12.1 Å². The molecular formula is C14H16FN3O4. The Kier molecular flexibility index (Phi) is 3.61. The molecule has 3 amide bonds. The van der Waals surface area contributed by atoms with E-state index in [1.54, 1.807) is 13.1 Å². The lowest BCUT2D eigenvalue weighted by molar-refractivity contribution is 0.0963. The van der Waals surface area contributed by atoms with E-state index in [0.717, 1.165) is 0 Å². The number of anilines is 2. The van der Waals surface area contributed by atoms with E-state index in [2.05, 4.69) is 0 Å². The van der Waals surface area contributed by atoms with Crippen molar-refractivity contribution in [2.24, 2.45) is 0 Å². The van der Waals surface area contributed by atoms with Crippen molar-refractivity contribution >= 4 is 23.5 Å². The number of hydrogen-bond donors (Lipinski definition) is 1. The number of amides is 3. The molecule has 0 spiro atoms. The first-order valence-corrected chi connectivity index (χ1v) is 6.92. The van der Waals surface area contributed by atoms with Crippen LogP contribution in [0.1, 0.15) is 0 Å². The highest BCUT2D eigenvalue weighted by molar-refractivity contribution is 5.95. The number of nitrogens with zero attached hydrogens (tertiary/aromatic N) is 3. The average Bonchev–Trinajstić information content (AvgIpc) is 3.03. The molecule has 0 radical (unpaired) electrons. The van der Waals surface area contributed by atoms with Crippen molar-refractivity contribution in [3.63, 3.8) is 0 Å². The summed E-state index contributed by atoms with van der Waals surface area (Å²) in [5.41, 5.74) is 0.520. The van der Waals surface area contributed by atoms with Gasteiger partial charge < -0.3 is 14.7 Å². The normalized spacial score (nSPS) is 21.8. The van der Waals surface area contributed by atoms with Gasteiger partial charge in [-0.2, -0.15) is 0 Å². The lowest BCUT2D eigenvalue weighted by Crippen LogP contribution is -2.30. The molecule has 1 N–H and O–H groups in total. The molecule has 3 rings (SSSR count). The second kappa shape index (κ2) is 5.45. The number of aliphatic hydroxyl groups excluding tert-OH is 1. The molecule has 2 heterocycles. The van der Waals surface area contributed by atoms with Crippen molar-refractivity contribution in [2.75, 3.05) is 43.1 Å². The van der Waals surface area contributed by atoms with E-state index in [9.17, 15) is 14.0 Å². The van der Waals surface area contributed by atoms with Gasteiger partial charge in [0.05, 0.1) is 24.5 Å². The van der Waals surface area contributed by atoms with Crippen LogP contribution in [0.3, 0.4) is 0 Å². The first kappa shape index (κ1) is 14.6. The van der Waals surface area contributed by atoms with Crippen molar-refractivity contribution in [3.8, 4) is 0 Å². The maximum absolute atomic E-state index is 14.3. The van der Waals surface area contributed by atoms with Crippen LogP contribution in [-0.2, 0) is 4.74 Å². The van der Waals surface area contributed by atoms with Gasteiger partial charge in [0.2, 0.25) is 0 Å². The SMILES string of the molecule is CN1CCN(c2ccc(N3C[C@H](CO)OC3=O)cc2F)C1=O. The van der Waals surface area contributed by atoms with Crippen LogP contribution in [0.2, 0.25) is 0 Å². The van der Waals surface area contributed by atoms with Crippen molar-refractivity contribution in [3.05, 3.63) is 24.0 Å². The van der Waals surface area contributed by atoms with Crippen LogP contribution < -0.4 is 9.80 Å². The highest BCUT2D eigenvalue weighted by Gasteiger charge is 2.33. The largest absolute Gasteiger partial charge is 0.441 e. The Labute approximate surface area is 126 Å². The number of rotatable bonds is 3. The van der Waals surface area contributed by atoms with Crippen LogP contribution in [0.25, 0.3) is 0 Å². The molecule has 0 saturated carbocycles. The van der Waals surface area contributed by atoms with Gasteiger partial charge in [0.25, 0.3) is 0 Å². The first-order valence-electron chi connectivity index (χ1n) is 6.92. The summed E-state index contributed by atoms with van der Waals surface area (Å²) >= 11 is 0. The molecule has 2 saturated heterocycles. The number of benzene rings is 1. The van der Waals surface area contributed by atoms with Crippen LogP contribution in [-0.4, -0.2) is 61.5 Å². The van der Waals surface area contributed by atoms with Crippen LogP contribution in [0.15, 0.2) is 18.2 Å². The maximum Gasteiger partial charge on any atom is 0.414 e. The van der Waals surface area contributed by atoms with Crippen LogP contribution in [0.4, 0.5) is 25.4 Å². The number of cyclic esters (lactones) is 1. The Hall–Kier alpha value is -2.35. The predicted molar refractivity (Wildman–Crippen MR) is 76.5 cm³/mol. The molecule has 22 heavy (non-hydrogen) atoms. The molecule has 0 aromatic heterocycles. The standard InChI is InChI=1S/C14H16FN3O4/c1-16-4-5-17(13(16)20)12-3-2-9(6-11(12)15)18-7-10(8-19)22-14(18)21/h2-3,6,10,19H,4-5,7-8H2,1H3/t10-/m1/s1. The number of urea groups is 1. The minimum Gasteiger partial charge on any atom is -0.441 e. The molecule has 8 heteroatoms. The highest BCUT2D eigenvalue weighted by Crippen LogP contribution is 2.29. The van der Waals surface area contributed by atoms with Crippen molar-refractivity contribution < 1.29 is 23.8 Å². The fourth-order valence-electron chi connectivity index (χ4n) is 2.58. The second-order valence-corrected chi connectivity index (χ2v) is 5.29. The van der Waals surface area contributed by atoms with Gasteiger partial charge in [-0.05, 0) is 18.2 Å². The van der Waals surface area contributed by atoms with Crippen molar-refractivity contribution in [1.82, 2.24) is 4.90 Å². The van der Waals surface area contributed by atoms with E-state index in [1.165, 1.54) is 26.8 Å². The predicted octanol–water partition coefficient (Wildman–Crippen LogP) is 1.01. The molecule has 1 atom stereocenters. The van der Waals surface area contributed by atoms with Gasteiger partial charge in [0.1, 0.15) is 11.9 Å². The number of likely N-dealkylation sites (N-methyl/N-ethyl adjacent to an activating group) is 1. The molecular weight excluding hydrogens is 293 g/mol. The molecule has 7 nitrogen and oxygen atoms in total. The van der Waals surface area contributed by atoms with Gasteiger partial charge in [0, 0.05) is 20.1 Å². The Bertz CT molecular complexity index is 624. The first-order chi connectivity index (χ1) is 10.5. The van der Waals surface area contributed by atoms with Crippen molar-refractivity contribution in [1.29, 1.82) is 0 Å². The average molecular weight is 309 g/mol. The molecule has 0 aliphatic carbocycles. The second-order valence-electron chi connectivity index (χ2n) is 5.29. The molecule has 2 fully saturated rings. The monoisotopic (exact) mass is 309 g/mol. The third kappa shape index (κ3) is 2.35. The summed E-state index contributed by atoms with van der Waals surface area (Å²) in [6.07, 6.45) is -1.23. The molecule has 0 unspecified atom stereocenters. The van der Waals surface area contributed by atoms with Crippen LogP contribution in [0.5, 0.6) is 0 Å². The van der Waals surface area contributed by atoms with Gasteiger partial charge in [-0.3, -0.25) is 9.80 Å². The Morgan fingerprint density at radius 1 is 1.32 bits per heavy atom.